The normalized spacial score (nSPS) is 19.2. The zero-order chi connectivity index (χ0) is 17.7. The van der Waals surface area contributed by atoms with Crippen LogP contribution in [0.3, 0.4) is 0 Å². The van der Waals surface area contributed by atoms with Gasteiger partial charge in [0.2, 0.25) is 0 Å². The SMILES string of the molecule is COc1ccc(CN2CCC(=O)CC2/C(N)=C/N(C)N)c(OC)c1. The fraction of sp³-hybridized carbons (Fsp3) is 0.471. The van der Waals surface area contributed by atoms with Crippen LogP contribution in [0.4, 0.5) is 0 Å². The molecule has 0 aromatic heterocycles. The van der Waals surface area contributed by atoms with Crippen LogP contribution in [0.5, 0.6) is 11.5 Å². The number of carbonyl (C=O) groups is 1. The number of rotatable bonds is 6. The summed E-state index contributed by atoms with van der Waals surface area (Å²) in [6.07, 6.45) is 2.58. The fourth-order valence-electron chi connectivity index (χ4n) is 2.91. The number of likely N-dealkylation sites (tertiary alicyclic amines) is 1. The molecule has 1 unspecified atom stereocenters. The van der Waals surface area contributed by atoms with Crippen LogP contribution in [0.25, 0.3) is 0 Å². The quantitative estimate of drug-likeness (QED) is 0.588. The first-order valence-electron chi connectivity index (χ1n) is 7.86. The molecule has 0 amide bonds. The fourth-order valence-corrected chi connectivity index (χ4v) is 2.91. The predicted octanol–water partition coefficient (Wildman–Crippen LogP) is 0.843. The Balaban J connectivity index is 2.24. The number of ether oxygens (including phenoxy) is 2. The maximum absolute atomic E-state index is 11.9. The molecular formula is C17H26N4O3. The Bertz CT molecular complexity index is 616. The molecular weight excluding hydrogens is 308 g/mol. The molecule has 0 saturated carbocycles. The van der Waals surface area contributed by atoms with Gasteiger partial charge >= 0.3 is 0 Å². The number of carbonyl (C=O) groups excluding carboxylic acids is 1. The van der Waals surface area contributed by atoms with E-state index >= 15 is 0 Å². The van der Waals surface area contributed by atoms with Gasteiger partial charge in [-0.2, -0.15) is 0 Å². The number of piperidine rings is 1. The maximum Gasteiger partial charge on any atom is 0.136 e. The number of Topliss-reactive ketones (excluding diaryl/α,β-unsaturated/α-hetero) is 1. The highest BCUT2D eigenvalue weighted by molar-refractivity contribution is 5.80. The average molecular weight is 334 g/mol. The van der Waals surface area contributed by atoms with E-state index in [4.69, 9.17) is 21.1 Å². The number of nitrogens with zero attached hydrogens (tertiary/aromatic N) is 2. The lowest BCUT2D eigenvalue weighted by Crippen LogP contribution is -2.45. The molecule has 1 heterocycles. The molecule has 0 bridgehead atoms. The lowest BCUT2D eigenvalue weighted by Gasteiger charge is -2.35. The standard InChI is InChI=1S/C17H26N4O3/c1-20(19)11-15(18)16-8-13(22)6-7-21(16)10-12-4-5-14(23-2)9-17(12)24-3/h4-5,9,11,16H,6-8,10,18-19H2,1-3H3/b15-11-. The highest BCUT2D eigenvalue weighted by Gasteiger charge is 2.29. The molecule has 0 spiro atoms. The van der Waals surface area contributed by atoms with E-state index < -0.39 is 0 Å². The minimum Gasteiger partial charge on any atom is -0.497 e. The van der Waals surface area contributed by atoms with Crippen LogP contribution in [0.2, 0.25) is 0 Å². The molecule has 1 saturated heterocycles. The Kier molecular flexibility index (Phi) is 6.05. The van der Waals surface area contributed by atoms with Gasteiger partial charge in [0.25, 0.3) is 0 Å². The highest BCUT2D eigenvalue weighted by Crippen LogP contribution is 2.28. The minimum atomic E-state index is -0.163. The highest BCUT2D eigenvalue weighted by atomic mass is 16.5. The second-order valence-corrected chi connectivity index (χ2v) is 5.95. The monoisotopic (exact) mass is 334 g/mol. The van der Waals surface area contributed by atoms with E-state index in [9.17, 15) is 4.79 Å². The third-order valence-corrected chi connectivity index (χ3v) is 4.14. The van der Waals surface area contributed by atoms with Crippen LogP contribution >= 0.6 is 0 Å². The van der Waals surface area contributed by atoms with Gasteiger partial charge in [-0.25, -0.2) is 5.84 Å². The van der Waals surface area contributed by atoms with Crippen molar-refractivity contribution < 1.29 is 14.3 Å². The van der Waals surface area contributed by atoms with Crippen molar-refractivity contribution in [1.82, 2.24) is 9.91 Å². The number of methoxy groups -OCH3 is 2. The molecule has 0 aliphatic carbocycles. The lowest BCUT2D eigenvalue weighted by molar-refractivity contribution is -0.122. The Hall–Kier alpha value is -2.25. The van der Waals surface area contributed by atoms with Crippen LogP contribution in [0.15, 0.2) is 30.1 Å². The molecule has 2 rings (SSSR count). The molecule has 0 radical (unpaired) electrons. The van der Waals surface area contributed by atoms with Crippen molar-refractivity contribution in [1.29, 1.82) is 0 Å². The summed E-state index contributed by atoms with van der Waals surface area (Å²) in [6, 6.07) is 5.56. The predicted molar refractivity (Wildman–Crippen MR) is 92.2 cm³/mol. The summed E-state index contributed by atoms with van der Waals surface area (Å²) in [5.41, 5.74) is 7.77. The number of nitrogens with two attached hydrogens (primary N) is 2. The maximum atomic E-state index is 11.9. The van der Waals surface area contributed by atoms with E-state index in [1.54, 1.807) is 27.5 Å². The zero-order valence-electron chi connectivity index (χ0n) is 14.5. The van der Waals surface area contributed by atoms with Crippen molar-refractivity contribution >= 4 is 5.78 Å². The Morgan fingerprint density at radius 3 is 2.79 bits per heavy atom. The Labute approximate surface area is 142 Å². The van der Waals surface area contributed by atoms with Crippen molar-refractivity contribution in [3.63, 3.8) is 0 Å². The van der Waals surface area contributed by atoms with E-state index in [1.807, 2.05) is 18.2 Å². The summed E-state index contributed by atoms with van der Waals surface area (Å²) in [4.78, 5) is 14.1. The van der Waals surface area contributed by atoms with E-state index in [0.29, 0.717) is 31.6 Å². The minimum absolute atomic E-state index is 0.163. The van der Waals surface area contributed by atoms with Crippen molar-refractivity contribution in [2.24, 2.45) is 11.6 Å². The smallest absolute Gasteiger partial charge is 0.136 e. The molecule has 24 heavy (non-hydrogen) atoms. The molecule has 4 N–H and O–H groups in total. The van der Waals surface area contributed by atoms with E-state index in [2.05, 4.69) is 4.90 Å². The Morgan fingerprint density at radius 1 is 1.42 bits per heavy atom. The summed E-state index contributed by atoms with van der Waals surface area (Å²) in [5, 5.41) is 1.40. The van der Waals surface area contributed by atoms with Crippen molar-refractivity contribution in [2.45, 2.75) is 25.4 Å². The molecule has 1 aromatic carbocycles. The zero-order valence-corrected chi connectivity index (χ0v) is 14.5. The molecule has 132 valence electrons. The molecule has 1 fully saturated rings. The molecule has 1 aromatic rings. The van der Waals surface area contributed by atoms with Gasteiger partial charge in [0.05, 0.1) is 20.3 Å². The molecule has 7 heteroatoms. The van der Waals surface area contributed by atoms with Gasteiger partial charge in [-0.15, -0.1) is 0 Å². The second kappa shape index (κ2) is 8.03. The lowest BCUT2D eigenvalue weighted by atomic mass is 9.97. The molecule has 1 aliphatic rings. The summed E-state index contributed by atoms with van der Waals surface area (Å²) in [7, 11) is 4.96. The first-order valence-corrected chi connectivity index (χ1v) is 7.86. The summed E-state index contributed by atoms with van der Waals surface area (Å²) >= 11 is 0. The summed E-state index contributed by atoms with van der Waals surface area (Å²) < 4.78 is 10.7. The van der Waals surface area contributed by atoms with Gasteiger partial charge in [0, 0.05) is 56.5 Å². The number of hydrazine groups is 1. The summed E-state index contributed by atoms with van der Waals surface area (Å²) in [5.74, 6) is 7.36. The third kappa shape index (κ3) is 4.39. The van der Waals surface area contributed by atoms with Crippen LogP contribution in [-0.4, -0.2) is 49.5 Å². The van der Waals surface area contributed by atoms with Gasteiger partial charge in [0.15, 0.2) is 0 Å². The van der Waals surface area contributed by atoms with E-state index in [1.165, 1.54) is 5.01 Å². The number of ketones is 1. The number of hydrogen-bond acceptors (Lipinski definition) is 7. The van der Waals surface area contributed by atoms with Gasteiger partial charge < -0.3 is 20.2 Å². The number of benzene rings is 1. The average Bonchev–Trinajstić information content (AvgIpc) is 2.56. The summed E-state index contributed by atoms with van der Waals surface area (Å²) in [6.45, 7) is 1.29. The van der Waals surface area contributed by atoms with Crippen molar-refractivity contribution in [3.05, 3.63) is 35.7 Å². The van der Waals surface area contributed by atoms with Crippen molar-refractivity contribution in [3.8, 4) is 11.5 Å². The van der Waals surface area contributed by atoms with E-state index in [0.717, 1.165) is 17.1 Å². The largest absolute Gasteiger partial charge is 0.497 e. The van der Waals surface area contributed by atoms with Crippen LogP contribution in [-0.2, 0) is 11.3 Å². The van der Waals surface area contributed by atoms with Gasteiger partial charge in [-0.3, -0.25) is 9.69 Å². The number of hydrogen-bond donors (Lipinski definition) is 2. The van der Waals surface area contributed by atoms with Crippen LogP contribution in [0.1, 0.15) is 18.4 Å². The first kappa shape index (κ1) is 18.1. The molecule has 1 atom stereocenters. The van der Waals surface area contributed by atoms with Gasteiger partial charge in [0.1, 0.15) is 17.3 Å². The van der Waals surface area contributed by atoms with Crippen LogP contribution in [0, 0.1) is 0 Å². The van der Waals surface area contributed by atoms with E-state index in [-0.39, 0.29) is 11.8 Å². The Morgan fingerprint density at radius 2 is 2.17 bits per heavy atom. The molecule has 7 nitrogen and oxygen atoms in total. The first-order chi connectivity index (χ1) is 11.4. The third-order valence-electron chi connectivity index (χ3n) is 4.14. The van der Waals surface area contributed by atoms with Crippen LogP contribution < -0.4 is 21.1 Å². The van der Waals surface area contributed by atoms with Crippen molar-refractivity contribution in [2.75, 3.05) is 27.8 Å². The van der Waals surface area contributed by atoms with Gasteiger partial charge in [-0.1, -0.05) is 6.07 Å². The molecule has 1 aliphatic heterocycles. The second-order valence-electron chi connectivity index (χ2n) is 5.95. The van der Waals surface area contributed by atoms with Gasteiger partial charge in [-0.05, 0) is 6.07 Å². The topological polar surface area (TPSA) is 94.1 Å².